The molecule has 0 N–H and O–H groups in total. The maximum absolute atomic E-state index is 13.6. The van der Waals surface area contributed by atoms with Crippen LogP contribution in [0.4, 0.5) is 4.39 Å². The molecule has 1 aromatic carbocycles. The second-order valence-electron chi connectivity index (χ2n) is 4.99. The summed E-state index contributed by atoms with van der Waals surface area (Å²) in [6.07, 6.45) is 2.32. The van der Waals surface area contributed by atoms with E-state index in [1.54, 1.807) is 10.5 Å². The number of halogens is 1. The average molecular weight is 310 g/mol. The van der Waals surface area contributed by atoms with Crippen molar-refractivity contribution >= 4 is 24.1 Å². The van der Waals surface area contributed by atoms with E-state index < -0.39 is 0 Å². The summed E-state index contributed by atoms with van der Waals surface area (Å²) in [6, 6.07) is 3.64. The van der Waals surface area contributed by atoms with Crippen LogP contribution in [-0.4, -0.2) is 39.0 Å². The van der Waals surface area contributed by atoms with E-state index in [4.69, 9.17) is 0 Å². The van der Waals surface area contributed by atoms with Gasteiger partial charge in [-0.15, -0.1) is 0 Å². The molecule has 2 heterocycles. The Kier molecular flexibility index (Phi) is 3.31. The van der Waals surface area contributed by atoms with Crippen LogP contribution in [0.1, 0.15) is 22.5 Å². The molecule has 1 aliphatic rings. The van der Waals surface area contributed by atoms with Gasteiger partial charge in [-0.25, -0.2) is 0 Å². The number of hydrogen-bond donors (Lipinski definition) is 0. The number of hydrogen-bond acceptors (Lipinski definition) is 1. The molecule has 0 saturated heterocycles. The Bertz CT molecular complexity index is 588. The molecule has 2 aromatic rings. The number of fused-ring (bicyclic) bond motifs is 3. The summed E-state index contributed by atoms with van der Waals surface area (Å²) in [4.78, 5) is 2.52. The first-order chi connectivity index (χ1) is 8.70. The molecule has 1 nitrogen and oxygen atoms in total. The van der Waals surface area contributed by atoms with Gasteiger partial charge in [0.25, 0.3) is 0 Å². The van der Waals surface area contributed by atoms with Crippen molar-refractivity contribution in [2.24, 2.45) is 0 Å². The summed E-state index contributed by atoms with van der Waals surface area (Å²) in [7, 11) is 0. The van der Waals surface area contributed by atoms with E-state index in [1.165, 1.54) is 28.2 Å². The Morgan fingerprint density at radius 3 is 2.83 bits per heavy atom. The second-order valence-corrected chi connectivity index (χ2v) is 7.31. The van der Waals surface area contributed by atoms with Gasteiger partial charge < -0.3 is 0 Å². The standard InChI is InChI=1S/C15H18FNSe/c1-3-17-8-6-11-12-4-5-13(16)10(2)15(12)18-14(11)7-9-17/h4-5H,3,6-9H2,1-2H3. The van der Waals surface area contributed by atoms with Gasteiger partial charge in [0.1, 0.15) is 0 Å². The van der Waals surface area contributed by atoms with Crippen molar-refractivity contribution in [2.75, 3.05) is 19.6 Å². The van der Waals surface area contributed by atoms with Gasteiger partial charge in [-0.1, -0.05) is 0 Å². The molecule has 0 bridgehead atoms. The molecular weight excluding hydrogens is 292 g/mol. The van der Waals surface area contributed by atoms with E-state index in [0.29, 0.717) is 14.5 Å². The fraction of sp³-hybridized carbons (Fsp3) is 0.467. The van der Waals surface area contributed by atoms with Crippen molar-refractivity contribution in [1.82, 2.24) is 4.90 Å². The van der Waals surface area contributed by atoms with E-state index in [9.17, 15) is 4.39 Å². The SMILES string of the molecule is CCN1CCc2[se]c3c(C)c(F)ccc3c2CC1. The zero-order chi connectivity index (χ0) is 12.7. The first-order valence-corrected chi connectivity index (χ1v) is 8.33. The van der Waals surface area contributed by atoms with Gasteiger partial charge in [0.15, 0.2) is 0 Å². The van der Waals surface area contributed by atoms with Crippen LogP contribution in [0, 0.1) is 12.7 Å². The van der Waals surface area contributed by atoms with Crippen molar-refractivity contribution < 1.29 is 4.39 Å². The molecular formula is C15H18FNSe. The molecule has 0 fully saturated rings. The first-order valence-electron chi connectivity index (χ1n) is 6.62. The molecule has 0 saturated carbocycles. The zero-order valence-corrected chi connectivity index (χ0v) is 12.6. The molecule has 0 atom stereocenters. The van der Waals surface area contributed by atoms with Crippen LogP contribution in [-0.2, 0) is 12.8 Å². The Labute approximate surface area is 113 Å². The predicted molar refractivity (Wildman–Crippen MR) is 75.1 cm³/mol. The van der Waals surface area contributed by atoms with Crippen molar-refractivity contribution in [3.8, 4) is 0 Å². The van der Waals surface area contributed by atoms with Crippen LogP contribution in [0.15, 0.2) is 12.1 Å². The molecule has 96 valence electrons. The number of benzene rings is 1. The minimum atomic E-state index is -0.0385. The van der Waals surface area contributed by atoms with Gasteiger partial charge in [0.05, 0.1) is 0 Å². The molecule has 0 spiro atoms. The van der Waals surface area contributed by atoms with Crippen LogP contribution < -0.4 is 0 Å². The van der Waals surface area contributed by atoms with Crippen molar-refractivity contribution in [3.63, 3.8) is 0 Å². The van der Waals surface area contributed by atoms with E-state index in [0.717, 1.165) is 25.1 Å². The topological polar surface area (TPSA) is 3.24 Å². The Morgan fingerprint density at radius 2 is 2.06 bits per heavy atom. The molecule has 0 amide bonds. The van der Waals surface area contributed by atoms with Crippen LogP contribution in [0.3, 0.4) is 0 Å². The summed E-state index contributed by atoms with van der Waals surface area (Å²) in [5, 5.41) is 1.35. The Morgan fingerprint density at radius 1 is 1.28 bits per heavy atom. The molecule has 1 aromatic heterocycles. The Hall–Kier alpha value is -0.631. The number of aryl methyl sites for hydroxylation is 1. The first kappa shape index (κ1) is 12.4. The van der Waals surface area contributed by atoms with E-state index >= 15 is 0 Å². The molecule has 3 rings (SSSR count). The van der Waals surface area contributed by atoms with Crippen LogP contribution in [0.25, 0.3) is 9.65 Å². The molecule has 0 radical (unpaired) electrons. The van der Waals surface area contributed by atoms with Crippen molar-refractivity contribution in [2.45, 2.75) is 26.7 Å². The van der Waals surface area contributed by atoms with Crippen LogP contribution >= 0.6 is 0 Å². The maximum atomic E-state index is 13.6. The second kappa shape index (κ2) is 4.80. The summed E-state index contributed by atoms with van der Waals surface area (Å²) in [5.74, 6) is -0.0385. The summed E-state index contributed by atoms with van der Waals surface area (Å²) >= 11 is 0.362. The van der Waals surface area contributed by atoms with Crippen molar-refractivity contribution in [1.29, 1.82) is 0 Å². The van der Waals surface area contributed by atoms with Gasteiger partial charge in [-0.2, -0.15) is 0 Å². The molecule has 1 aliphatic heterocycles. The number of rotatable bonds is 1. The predicted octanol–water partition coefficient (Wildman–Crippen LogP) is 2.76. The van der Waals surface area contributed by atoms with Crippen LogP contribution in [0.2, 0.25) is 0 Å². The summed E-state index contributed by atoms with van der Waals surface area (Å²) in [5.41, 5.74) is 2.41. The monoisotopic (exact) mass is 311 g/mol. The number of nitrogens with zero attached hydrogens (tertiary/aromatic N) is 1. The normalized spacial score (nSPS) is 16.8. The third kappa shape index (κ3) is 1.95. The molecule has 3 heteroatoms. The molecule has 0 aliphatic carbocycles. The molecule has 18 heavy (non-hydrogen) atoms. The van der Waals surface area contributed by atoms with Gasteiger partial charge in [0, 0.05) is 0 Å². The van der Waals surface area contributed by atoms with Crippen molar-refractivity contribution in [3.05, 3.63) is 33.5 Å². The zero-order valence-electron chi connectivity index (χ0n) is 10.9. The quantitative estimate of drug-likeness (QED) is 0.732. The molecule has 0 unspecified atom stereocenters. The van der Waals surface area contributed by atoms with Gasteiger partial charge >= 0.3 is 113 Å². The minimum absolute atomic E-state index is 0.0385. The fourth-order valence-electron chi connectivity index (χ4n) is 2.81. The van der Waals surface area contributed by atoms with Crippen LogP contribution in [0.5, 0.6) is 0 Å². The fourth-order valence-corrected chi connectivity index (χ4v) is 5.59. The third-order valence-electron chi connectivity index (χ3n) is 4.01. The summed E-state index contributed by atoms with van der Waals surface area (Å²) < 4.78 is 16.5. The van der Waals surface area contributed by atoms with E-state index in [-0.39, 0.29) is 5.82 Å². The van der Waals surface area contributed by atoms with Gasteiger partial charge in [-0.3, -0.25) is 0 Å². The Balaban J connectivity index is 2.10. The third-order valence-corrected chi connectivity index (χ3v) is 7.00. The van der Waals surface area contributed by atoms with E-state index in [1.807, 2.05) is 13.0 Å². The van der Waals surface area contributed by atoms with E-state index in [2.05, 4.69) is 11.8 Å². The summed E-state index contributed by atoms with van der Waals surface area (Å²) in [6.45, 7) is 7.63. The van der Waals surface area contributed by atoms with Gasteiger partial charge in [0.2, 0.25) is 0 Å². The van der Waals surface area contributed by atoms with Gasteiger partial charge in [-0.05, 0) is 0 Å². The number of likely N-dealkylation sites (N-methyl/N-ethyl adjacent to an activating group) is 1. The average Bonchev–Trinajstić information content (AvgIpc) is 2.60.